The number of benzene rings is 1. The van der Waals surface area contributed by atoms with E-state index in [1.54, 1.807) is 0 Å². The number of nitrogens with two attached hydrogens (primary N) is 1. The number of Topliss-reactive ketones (excluding diaryl/α,β-unsaturated/α-hetero) is 1. The Morgan fingerprint density at radius 2 is 1.97 bits per heavy atom. The first kappa shape index (κ1) is 21.8. The highest BCUT2D eigenvalue weighted by Gasteiger charge is 2.28. The number of carbonyl (C=O) groups is 1. The molecule has 1 fully saturated rings. The van der Waals surface area contributed by atoms with Crippen LogP contribution in [0.3, 0.4) is 0 Å². The molecule has 2 N–H and O–H groups in total. The summed E-state index contributed by atoms with van der Waals surface area (Å²) in [4.78, 5) is 22.2. The molecule has 166 valence electrons. The molecular weight excluding hydrogens is 388 g/mol. The maximum atomic E-state index is 12.9. The third-order valence-electron chi connectivity index (χ3n) is 6.38. The molecule has 3 aromatic rings. The van der Waals surface area contributed by atoms with Crippen molar-refractivity contribution < 1.29 is 9.53 Å². The Hall–Kier alpha value is -2.47. The van der Waals surface area contributed by atoms with Crippen LogP contribution < -0.4 is 5.73 Å². The molecule has 2 heterocycles. The second-order valence-corrected chi connectivity index (χ2v) is 9.70. The number of pyridine rings is 1. The largest absolute Gasteiger partial charge is 0.382 e. The van der Waals surface area contributed by atoms with Crippen LogP contribution in [-0.2, 0) is 22.7 Å². The Kier molecular flexibility index (Phi) is 6.28. The van der Waals surface area contributed by atoms with Crippen molar-refractivity contribution in [3.05, 3.63) is 30.1 Å². The number of nitrogen functional groups attached to an aromatic ring is 1. The average molecular weight is 423 g/mol. The second kappa shape index (κ2) is 8.95. The van der Waals surface area contributed by atoms with Crippen LogP contribution >= 0.6 is 0 Å². The van der Waals surface area contributed by atoms with Gasteiger partial charge in [0.15, 0.2) is 5.82 Å². The highest BCUT2D eigenvalue weighted by molar-refractivity contribution is 6.06. The summed E-state index contributed by atoms with van der Waals surface area (Å²) >= 11 is 0. The Labute approximate surface area is 184 Å². The molecule has 0 aliphatic heterocycles. The van der Waals surface area contributed by atoms with Crippen LogP contribution in [0.15, 0.2) is 24.3 Å². The smallest absolute Gasteiger partial charge is 0.152 e. The van der Waals surface area contributed by atoms with Crippen LogP contribution in [0.4, 0.5) is 5.82 Å². The van der Waals surface area contributed by atoms with Gasteiger partial charge in [0.05, 0.1) is 11.0 Å². The molecular formula is C25H34N4O2. The number of fused-ring (bicyclic) bond motifs is 3. The van der Waals surface area contributed by atoms with Crippen molar-refractivity contribution in [3.63, 3.8) is 0 Å². The maximum absolute atomic E-state index is 12.9. The van der Waals surface area contributed by atoms with Gasteiger partial charge in [0.25, 0.3) is 0 Å². The first-order chi connectivity index (χ1) is 14.9. The summed E-state index contributed by atoms with van der Waals surface area (Å²) in [7, 11) is 0. The fourth-order valence-electron chi connectivity index (χ4n) is 5.01. The molecule has 0 atom stereocenters. The zero-order valence-electron chi connectivity index (χ0n) is 19.0. The van der Waals surface area contributed by atoms with Gasteiger partial charge in [-0.05, 0) is 24.3 Å². The molecule has 0 spiro atoms. The lowest BCUT2D eigenvalue weighted by molar-refractivity contribution is -0.122. The summed E-state index contributed by atoms with van der Waals surface area (Å²) in [5.74, 6) is 2.22. The highest BCUT2D eigenvalue weighted by atomic mass is 16.5. The predicted octanol–water partition coefficient (Wildman–Crippen LogP) is 5.27. The molecule has 0 bridgehead atoms. The quantitative estimate of drug-likeness (QED) is 0.508. The van der Waals surface area contributed by atoms with Gasteiger partial charge in [0.1, 0.15) is 23.7 Å². The third kappa shape index (κ3) is 4.74. The third-order valence-corrected chi connectivity index (χ3v) is 6.38. The molecule has 1 saturated carbocycles. The van der Waals surface area contributed by atoms with E-state index in [9.17, 15) is 4.79 Å². The summed E-state index contributed by atoms with van der Waals surface area (Å²) in [6.07, 6.45) is 6.23. The van der Waals surface area contributed by atoms with Crippen molar-refractivity contribution in [2.75, 3.05) is 12.3 Å². The summed E-state index contributed by atoms with van der Waals surface area (Å²) in [5, 5.41) is 1.02. The standard InChI is InChI=1S/C25H34N4O2/c1-4-31-15-21-28-22-23(19-11-7-8-12-20(19)27-24(22)26)29(21)16-25(2,3)14-18(30)13-17-9-5-6-10-17/h7-8,11-12,17H,4-6,9-10,13-16H2,1-3H3,(H2,26,27). The van der Waals surface area contributed by atoms with Crippen molar-refractivity contribution in [1.82, 2.24) is 14.5 Å². The normalized spacial score (nSPS) is 15.3. The fourth-order valence-corrected chi connectivity index (χ4v) is 5.01. The Morgan fingerprint density at radius 1 is 1.23 bits per heavy atom. The molecule has 6 heteroatoms. The van der Waals surface area contributed by atoms with Crippen molar-refractivity contribution in [2.24, 2.45) is 11.3 Å². The van der Waals surface area contributed by atoms with Crippen LogP contribution in [-0.4, -0.2) is 26.9 Å². The number of nitrogens with zero attached hydrogens (tertiary/aromatic N) is 3. The zero-order chi connectivity index (χ0) is 22.0. The van der Waals surface area contributed by atoms with Crippen LogP contribution in [0.5, 0.6) is 0 Å². The number of aromatic nitrogens is 3. The summed E-state index contributed by atoms with van der Waals surface area (Å²) < 4.78 is 7.92. The number of para-hydroxylation sites is 1. The van der Waals surface area contributed by atoms with Crippen molar-refractivity contribution in [2.45, 2.75) is 72.4 Å². The maximum Gasteiger partial charge on any atom is 0.152 e. The van der Waals surface area contributed by atoms with E-state index in [1.807, 2.05) is 25.1 Å². The van der Waals surface area contributed by atoms with Crippen molar-refractivity contribution >= 4 is 33.5 Å². The van der Waals surface area contributed by atoms with Crippen molar-refractivity contribution in [1.29, 1.82) is 0 Å². The second-order valence-electron chi connectivity index (χ2n) is 9.70. The molecule has 1 aliphatic carbocycles. The lowest BCUT2D eigenvalue weighted by atomic mass is 9.84. The van der Waals surface area contributed by atoms with E-state index in [-0.39, 0.29) is 5.41 Å². The van der Waals surface area contributed by atoms with Gasteiger partial charge >= 0.3 is 0 Å². The van der Waals surface area contributed by atoms with Gasteiger partial charge in [0, 0.05) is 31.4 Å². The number of anilines is 1. The van der Waals surface area contributed by atoms with Gasteiger partial charge < -0.3 is 15.0 Å². The van der Waals surface area contributed by atoms with Gasteiger partial charge in [-0.3, -0.25) is 4.79 Å². The monoisotopic (exact) mass is 422 g/mol. The summed E-state index contributed by atoms with van der Waals surface area (Å²) in [5.41, 5.74) is 8.63. The molecule has 6 nitrogen and oxygen atoms in total. The SMILES string of the molecule is CCOCc1nc2c(N)nc3ccccc3c2n1CC(C)(C)CC(=O)CC1CCCC1. The van der Waals surface area contributed by atoms with Crippen LogP contribution in [0, 0.1) is 11.3 Å². The van der Waals surface area contributed by atoms with E-state index >= 15 is 0 Å². The highest BCUT2D eigenvalue weighted by Crippen LogP contribution is 2.34. The first-order valence-electron chi connectivity index (χ1n) is 11.5. The average Bonchev–Trinajstić information content (AvgIpc) is 3.34. The lowest BCUT2D eigenvalue weighted by Gasteiger charge is -2.26. The summed E-state index contributed by atoms with van der Waals surface area (Å²) in [6, 6.07) is 8.01. The summed E-state index contributed by atoms with van der Waals surface area (Å²) in [6.45, 7) is 8.01. The molecule has 0 saturated heterocycles. The number of rotatable bonds is 9. The number of hydrogen-bond acceptors (Lipinski definition) is 5. The van der Waals surface area contributed by atoms with Gasteiger partial charge in [-0.25, -0.2) is 9.97 Å². The molecule has 0 amide bonds. The van der Waals surface area contributed by atoms with Gasteiger partial charge in [0.2, 0.25) is 0 Å². The minimum absolute atomic E-state index is 0.205. The Balaban J connectivity index is 1.69. The molecule has 31 heavy (non-hydrogen) atoms. The Morgan fingerprint density at radius 3 is 2.71 bits per heavy atom. The van der Waals surface area contributed by atoms with Gasteiger partial charge in [-0.15, -0.1) is 0 Å². The van der Waals surface area contributed by atoms with Crippen LogP contribution in [0.2, 0.25) is 0 Å². The molecule has 0 unspecified atom stereocenters. The molecule has 1 aliphatic rings. The van der Waals surface area contributed by atoms with Gasteiger partial charge in [-0.2, -0.15) is 0 Å². The predicted molar refractivity (Wildman–Crippen MR) is 125 cm³/mol. The number of carbonyl (C=O) groups excluding carboxylic acids is 1. The minimum Gasteiger partial charge on any atom is -0.382 e. The van der Waals surface area contributed by atoms with E-state index < -0.39 is 0 Å². The topological polar surface area (TPSA) is 83.0 Å². The van der Waals surface area contributed by atoms with E-state index in [2.05, 4.69) is 29.5 Å². The van der Waals surface area contributed by atoms with E-state index in [0.717, 1.165) is 28.7 Å². The fraction of sp³-hybridized carbons (Fsp3) is 0.560. The van der Waals surface area contributed by atoms with E-state index in [0.29, 0.717) is 49.2 Å². The molecule has 4 rings (SSSR count). The molecule has 1 aromatic carbocycles. The van der Waals surface area contributed by atoms with E-state index in [1.165, 1.54) is 25.7 Å². The first-order valence-corrected chi connectivity index (χ1v) is 11.5. The molecule has 2 aromatic heterocycles. The van der Waals surface area contributed by atoms with E-state index in [4.69, 9.17) is 15.5 Å². The number of ketones is 1. The number of ether oxygens (including phenoxy) is 1. The molecule has 0 radical (unpaired) electrons. The number of hydrogen-bond donors (Lipinski definition) is 1. The Bertz CT molecular complexity index is 1080. The van der Waals surface area contributed by atoms with Crippen molar-refractivity contribution in [3.8, 4) is 0 Å². The van der Waals surface area contributed by atoms with Crippen LogP contribution in [0.1, 0.15) is 65.1 Å². The van der Waals surface area contributed by atoms with Crippen LogP contribution in [0.25, 0.3) is 21.9 Å². The van der Waals surface area contributed by atoms with Gasteiger partial charge in [-0.1, -0.05) is 57.7 Å². The number of imidazole rings is 1. The lowest BCUT2D eigenvalue weighted by Crippen LogP contribution is -2.25. The minimum atomic E-state index is -0.205. The zero-order valence-corrected chi connectivity index (χ0v) is 19.0.